The Bertz CT molecular complexity index is 1040. The zero-order valence-corrected chi connectivity index (χ0v) is 18.6. The molecule has 0 radical (unpaired) electrons. The van der Waals surface area contributed by atoms with Crippen molar-refractivity contribution < 1.29 is 9.90 Å². The number of anilines is 2. The molecule has 31 heavy (non-hydrogen) atoms. The number of phenols is 1. The maximum atomic E-state index is 12.7. The first kappa shape index (κ1) is 21.6. The van der Waals surface area contributed by atoms with Crippen LogP contribution in [0.3, 0.4) is 0 Å². The third-order valence-electron chi connectivity index (χ3n) is 5.16. The van der Waals surface area contributed by atoms with Gasteiger partial charge in [-0.25, -0.2) is 0 Å². The number of phenolic OH excluding ortho intramolecular Hbond substituents is 1. The lowest BCUT2D eigenvalue weighted by molar-refractivity contribution is -0.117. The lowest BCUT2D eigenvalue weighted by Crippen LogP contribution is -2.48. The molecule has 3 aromatic rings. The van der Waals surface area contributed by atoms with E-state index in [0.29, 0.717) is 17.3 Å². The van der Waals surface area contributed by atoms with Crippen molar-refractivity contribution in [2.45, 2.75) is 9.79 Å². The summed E-state index contributed by atoms with van der Waals surface area (Å²) in [6.45, 7) is 3.42. The van der Waals surface area contributed by atoms with Gasteiger partial charge in [0.15, 0.2) is 0 Å². The summed E-state index contributed by atoms with van der Waals surface area (Å²) in [5.41, 5.74) is 1.65. The summed E-state index contributed by atoms with van der Waals surface area (Å²) in [4.78, 5) is 19.0. The third-order valence-corrected chi connectivity index (χ3v) is 6.50. The summed E-state index contributed by atoms with van der Waals surface area (Å²) in [5, 5.41) is 13.8. The highest BCUT2D eigenvalue weighted by atomic mass is 35.5. The molecule has 0 spiro atoms. The third kappa shape index (κ3) is 5.73. The first-order valence-electron chi connectivity index (χ1n) is 10.2. The van der Waals surface area contributed by atoms with E-state index < -0.39 is 0 Å². The number of rotatable bonds is 6. The van der Waals surface area contributed by atoms with E-state index in [4.69, 9.17) is 11.6 Å². The molecule has 0 saturated carbocycles. The number of nitrogens with zero attached hydrogens (tertiary/aromatic N) is 2. The van der Waals surface area contributed by atoms with Gasteiger partial charge in [-0.2, -0.15) is 0 Å². The number of hydrogen-bond donors (Lipinski definition) is 2. The Kier molecular flexibility index (Phi) is 7.02. The summed E-state index contributed by atoms with van der Waals surface area (Å²) in [6, 6.07) is 22.8. The Hall–Kier alpha value is -2.67. The van der Waals surface area contributed by atoms with Gasteiger partial charge < -0.3 is 15.3 Å². The molecule has 1 fully saturated rings. The number of nitrogens with one attached hydrogen (secondary N) is 1. The van der Waals surface area contributed by atoms with Crippen LogP contribution >= 0.6 is 23.4 Å². The fourth-order valence-corrected chi connectivity index (χ4v) is 4.59. The SMILES string of the molecule is O=C(CN1CCN(c2ccccc2O)CC1)Nc1ccccc1Sc1ccc(Cl)cc1. The Morgan fingerprint density at radius 2 is 1.61 bits per heavy atom. The molecule has 1 heterocycles. The molecule has 3 aromatic carbocycles. The maximum absolute atomic E-state index is 12.7. The Morgan fingerprint density at radius 1 is 0.935 bits per heavy atom. The Balaban J connectivity index is 1.32. The molecule has 7 heteroatoms. The van der Waals surface area contributed by atoms with Crippen LogP contribution in [-0.2, 0) is 4.79 Å². The molecule has 0 aliphatic carbocycles. The molecule has 0 unspecified atom stereocenters. The van der Waals surface area contributed by atoms with Gasteiger partial charge in [-0.1, -0.05) is 47.6 Å². The summed E-state index contributed by atoms with van der Waals surface area (Å²) < 4.78 is 0. The summed E-state index contributed by atoms with van der Waals surface area (Å²) in [6.07, 6.45) is 0. The second-order valence-electron chi connectivity index (χ2n) is 7.35. The molecule has 2 N–H and O–H groups in total. The number of hydrogen-bond acceptors (Lipinski definition) is 5. The number of halogens is 1. The highest BCUT2D eigenvalue weighted by Crippen LogP contribution is 2.34. The molecule has 5 nitrogen and oxygen atoms in total. The normalized spacial score (nSPS) is 14.4. The van der Waals surface area contributed by atoms with Crippen molar-refractivity contribution in [3.63, 3.8) is 0 Å². The van der Waals surface area contributed by atoms with Crippen LogP contribution in [0.2, 0.25) is 5.02 Å². The number of para-hydroxylation sites is 3. The number of piperazine rings is 1. The van der Waals surface area contributed by atoms with Gasteiger partial charge in [0.25, 0.3) is 0 Å². The van der Waals surface area contributed by atoms with Gasteiger partial charge in [-0.3, -0.25) is 9.69 Å². The lowest BCUT2D eigenvalue weighted by atomic mass is 10.2. The van der Waals surface area contributed by atoms with E-state index in [1.165, 1.54) is 0 Å². The van der Waals surface area contributed by atoms with Gasteiger partial charge in [-0.15, -0.1) is 0 Å². The molecule has 4 rings (SSSR count). The molecule has 1 aliphatic rings. The van der Waals surface area contributed by atoms with E-state index in [2.05, 4.69) is 15.1 Å². The minimum atomic E-state index is -0.0276. The lowest BCUT2D eigenvalue weighted by Gasteiger charge is -2.35. The summed E-state index contributed by atoms with van der Waals surface area (Å²) in [5.74, 6) is 0.267. The molecule has 0 atom stereocenters. The minimum Gasteiger partial charge on any atom is -0.506 e. The Labute approximate surface area is 191 Å². The average molecular weight is 454 g/mol. The monoisotopic (exact) mass is 453 g/mol. The molecule has 160 valence electrons. The van der Waals surface area contributed by atoms with Crippen LogP contribution in [0.15, 0.2) is 82.6 Å². The van der Waals surface area contributed by atoms with Crippen molar-refractivity contribution in [2.24, 2.45) is 0 Å². The standard InChI is InChI=1S/C24H24ClN3O2S/c25-18-9-11-19(12-10-18)31-23-8-4-1-5-20(23)26-24(30)17-27-13-15-28(16-14-27)21-6-2-3-7-22(21)29/h1-12,29H,13-17H2,(H,26,30). The zero-order valence-electron chi connectivity index (χ0n) is 17.0. The topological polar surface area (TPSA) is 55.8 Å². The van der Waals surface area contributed by atoms with E-state index in [1.54, 1.807) is 17.8 Å². The van der Waals surface area contributed by atoms with Crippen molar-refractivity contribution in [1.29, 1.82) is 0 Å². The first-order chi connectivity index (χ1) is 15.1. The fraction of sp³-hybridized carbons (Fsp3) is 0.208. The van der Waals surface area contributed by atoms with Gasteiger partial charge in [0, 0.05) is 41.0 Å². The highest BCUT2D eigenvalue weighted by Gasteiger charge is 2.21. The maximum Gasteiger partial charge on any atom is 0.238 e. The van der Waals surface area contributed by atoms with Crippen LogP contribution in [0.1, 0.15) is 0 Å². The van der Waals surface area contributed by atoms with Crippen LogP contribution < -0.4 is 10.2 Å². The summed E-state index contributed by atoms with van der Waals surface area (Å²) >= 11 is 7.57. The molecule has 1 saturated heterocycles. The second kappa shape index (κ2) is 10.1. The van der Waals surface area contributed by atoms with E-state index in [0.717, 1.165) is 47.3 Å². The van der Waals surface area contributed by atoms with Crippen LogP contribution in [0.25, 0.3) is 0 Å². The van der Waals surface area contributed by atoms with Crippen LogP contribution in [-0.4, -0.2) is 48.6 Å². The van der Waals surface area contributed by atoms with Gasteiger partial charge in [0.2, 0.25) is 5.91 Å². The molecular formula is C24H24ClN3O2S. The van der Waals surface area contributed by atoms with Gasteiger partial charge >= 0.3 is 0 Å². The highest BCUT2D eigenvalue weighted by molar-refractivity contribution is 7.99. The van der Waals surface area contributed by atoms with Gasteiger partial charge in [-0.05, 0) is 48.5 Å². The molecule has 1 aliphatic heterocycles. The summed E-state index contributed by atoms with van der Waals surface area (Å²) in [7, 11) is 0. The van der Waals surface area contributed by atoms with Crippen LogP contribution in [0, 0.1) is 0 Å². The van der Waals surface area contributed by atoms with E-state index >= 15 is 0 Å². The number of carbonyl (C=O) groups is 1. The second-order valence-corrected chi connectivity index (χ2v) is 8.90. The first-order valence-corrected chi connectivity index (χ1v) is 11.4. The van der Waals surface area contributed by atoms with Crippen molar-refractivity contribution in [2.75, 3.05) is 42.9 Å². The average Bonchev–Trinajstić information content (AvgIpc) is 2.78. The minimum absolute atomic E-state index is 0.0276. The van der Waals surface area contributed by atoms with E-state index in [-0.39, 0.29) is 5.91 Å². The Morgan fingerprint density at radius 3 is 2.35 bits per heavy atom. The smallest absolute Gasteiger partial charge is 0.238 e. The molecule has 1 amide bonds. The number of carbonyl (C=O) groups excluding carboxylic acids is 1. The number of aromatic hydroxyl groups is 1. The van der Waals surface area contributed by atoms with E-state index in [1.807, 2.05) is 66.7 Å². The predicted molar refractivity (Wildman–Crippen MR) is 127 cm³/mol. The van der Waals surface area contributed by atoms with Crippen molar-refractivity contribution in [3.05, 3.63) is 77.8 Å². The predicted octanol–water partition coefficient (Wildman–Crippen LogP) is 4.96. The molecule has 0 bridgehead atoms. The molecule has 0 aromatic heterocycles. The van der Waals surface area contributed by atoms with Crippen molar-refractivity contribution >= 4 is 40.6 Å². The van der Waals surface area contributed by atoms with Crippen LogP contribution in [0.4, 0.5) is 11.4 Å². The van der Waals surface area contributed by atoms with Crippen molar-refractivity contribution in [1.82, 2.24) is 4.90 Å². The van der Waals surface area contributed by atoms with Gasteiger partial charge in [0.05, 0.1) is 17.9 Å². The zero-order chi connectivity index (χ0) is 21.6. The number of benzene rings is 3. The fourth-order valence-electron chi connectivity index (χ4n) is 3.56. The largest absolute Gasteiger partial charge is 0.506 e. The molecular weight excluding hydrogens is 430 g/mol. The van der Waals surface area contributed by atoms with Crippen molar-refractivity contribution in [3.8, 4) is 5.75 Å². The quantitative estimate of drug-likeness (QED) is 0.552. The van der Waals surface area contributed by atoms with Crippen LogP contribution in [0.5, 0.6) is 5.75 Å². The van der Waals surface area contributed by atoms with E-state index in [9.17, 15) is 9.90 Å². The number of amides is 1. The van der Waals surface area contributed by atoms with Gasteiger partial charge in [0.1, 0.15) is 5.75 Å².